The molecule has 1 unspecified atom stereocenters. The van der Waals surface area contributed by atoms with Crippen molar-refractivity contribution >= 4 is 5.91 Å². The molecule has 1 aromatic heterocycles. The van der Waals surface area contributed by atoms with Crippen molar-refractivity contribution in [1.29, 1.82) is 0 Å². The molecule has 0 bridgehead atoms. The lowest BCUT2D eigenvalue weighted by molar-refractivity contribution is -0.135. The van der Waals surface area contributed by atoms with Gasteiger partial charge in [0.2, 0.25) is 0 Å². The molecule has 0 aliphatic carbocycles. The van der Waals surface area contributed by atoms with Gasteiger partial charge in [0.1, 0.15) is 11.6 Å². The lowest BCUT2D eigenvalue weighted by atomic mass is 10.1. The van der Waals surface area contributed by atoms with Gasteiger partial charge in [-0.05, 0) is 25.0 Å². The normalized spacial score (nSPS) is 17.6. The third-order valence-electron chi connectivity index (χ3n) is 4.45. The van der Waals surface area contributed by atoms with E-state index in [2.05, 4.69) is 9.55 Å². The van der Waals surface area contributed by atoms with Crippen molar-refractivity contribution in [1.82, 2.24) is 14.5 Å². The lowest BCUT2D eigenvalue weighted by Gasteiger charge is -2.34. The Morgan fingerprint density at radius 1 is 1.40 bits per heavy atom. The van der Waals surface area contributed by atoms with Crippen molar-refractivity contribution in [2.24, 2.45) is 0 Å². The fourth-order valence-electron chi connectivity index (χ4n) is 3.18. The summed E-state index contributed by atoms with van der Waals surface area (Å²) in [7, 11) is 0. The number of nitrogens with zero attached hydrogens (tertiary/aromatic N) is 3. The molecule has 1 aliphatic rings. The number of likely N-dealkylation sites (tertiary alicyclic amines) is 1. The van der Waals surface area contributed by atoms with Crippen LogP contribution in [0.2, 0.25) is 0 Å². The van der Waals surface area contributed by atoms with Crippen molar-refractivity contribution < 1.29 is 18.3 Å². The highest BCUT2D eigenvalue weighted by molar-refractivity contribution is 5.77. The van der Waals surface area contributed by atoms with Gasteiger partial charge < -0.3 is 14.2 Å². The molecule has 1 amide bonds. The molecule has 2 heterocycles. The van der Waals surface area contributed by atoms with Crippen molar-refractivity contribution in [2.45, 2.75) is 32.2 Å². The molecule has 1 aliphatic heterocycles. The summed E-state index contributed by atoms with van der Waals surface area (Å²) in [5.74, 6) is -0.764. The molecule has 1 aromatic carbocycles. The first-order chi connectivity index (χ1) is 12.1. The highest BCUT2D eigenvalue weighted by Crippen LogP contribution is 2.23. The molecule has 25 heavy (non-hydrogen) atoms. The van der Waals surface area contributed by atoms with Gasteiger partial charge in [-0.3, -0.25) is 4.79 Å². The van der Waals surface area contributed by atoms with Crippen molar-refractivity contribution in [3.05, 3.63) is 48.1 Å². The van der Waals surface area contributed by atoms with Crippen LogP contribution in [-0.2, 0) is 11.2 Å². The maximum atomic E-state index is 13.6. The standard InChI is InChI=1S/C18H21F2N3O2/c1-2-17-21-7-9-23(17)14-4-3-8-22(11-14)18(24)12-25-16-10-13(19)5-6-15(16)20/h5-7,9-10,14H,2-4,8,11-12H2,1H3. The van der Waals surface area contributed by atoms with Crippen molar-refractivity contribution in [3.8, 4) is 5.75 Å². The first-order valence-corrected chi connectivity index (χ1v) is 8.45. The van der Waals surface area contributed by atoms with E-state index in [9.17, 15) is 13.6 Å². The van der Waals surface area contributed by atoms with E-state index in [1.807, 2.05) is 13.1 Å². The van der Waals surface area contributed by atoms with E-state index in [-0.39, 0.29) is 24.3 Å². The first-order valence-electron chi connectivity index (χ1n) is 8.45. The summed E-state index contributed by atoms with van der Waals surface area (Å²) in [5.41, 5.74) is 0. The second-order valence-corrected chi connectivity index (χ2v) is 6.10. The zero-order valence-corrected chi connectivity index (χ0v) is 14.1. The second-order valence-electron chi connectivity index (χ2n) is 6.10. The molecule has 2 aromatic rings. The number of rotatable bonds is 5. The van der Waals surface area contributed by atoms with E-state index in [4.69, 9.17) is 4.74 Å². The van der Waals surface area contributed by atoms with Crippen LogP contribution in [0, 0.1) is 11.6 Å². The molecule has 134 valence electrons. The number of aromatic nitrogens is 2. The molecule has 0 saturated carbocycles. The molecule has 1 fully saturated rings. The predicted molar refractivity (Wildman–Crippen MR) is 88.3 cm³/mol. The van der Waals surface area contributed by atoms with Gasteiger partial charge in [0.05, 0.1) is 6.04 Å². The Bertz CT molecular complexity index is 748. The minimum absolute atomic E-state index is 0.182. The Labute approximate surface area is 145 Å². The second kappa shape index (κ2) is 7.63. The van der Waals surface area contributed by atoms with E-state index in [0.717, 1.165) is 43.3 Å². The van der Waals surface area contributed by atoms with Crippen molar-refractivity contribution in [3.63, 3.8) is 0 Å². The number of piperidine rings is 1. The van der Waals surface area contributed by atoms with E-state index >= 15 is 0 Å². The minimum atomic E-state index is -0.684. The molecule has 5 nitrogen and oxygen atoms in total. The largest absolute Gasteiger partial charge is 0.481 e. The van der Waals surface area contributed by atoms with Gasteiger partial charge in [-0.2, -0.15) is 0 Å². The maximum absolute atomic E-state index is 13.6. The molecule has 1 saturated heterocycles. The van der Waals surface area contributed by atoms with Gasteiger partial charge in [-0.1, -0.05) is 6.92 Å². The number of amides is 1. The van der Waals surface area contributed by atoms with Crippen LogP contribution in [0.1, 0.15) is 31.6 Å². The molecule has 0 radical (unpaired) electrons. The molecule has 1 atom stereocenters. The topological polar surface area (TPSA) is 47.4 Å². The van der Waals surface area contributed by atoms with Crippen LogP contribution < -0.4 is 4.74 Å². The molecule has 0 N–H and O–H groups in total. The summed E-state index contributed by atoms with van der Waals surface area (Å²) in [6.07, 6.45) is 6.41. The molecule has 7 heteroatoms. The number of aryl methyl sites for hydroxylation is 1. The molecule has 0 spiro atoms. The highest BCUT2D eigenvalue weighted by atomic mass is 19.1. The average Bonchev–Trinajstić information content (AvgIpc) is 3.11. The van der Waals surface area contributed by atoms with E-state index in [0.29, 0.717) is 13.1 Å². The van der Waals surface area contributed by atoms with Crippen LogP contribution >= 0.6 is 0 Å². The molecule has 3 rings (SSSR count). The van der Waals surface area contributed by atoms with E-state index < -0.39 is 11.6 Å². The number of halogens is 2. The Balaban J connectivity index is 1.61. The summed E-state index contributed by atoms with van der Waals surface area (Å²) in [6.45, 7) is 2.95. The molecular formula is C18H21F2N3O2. The van der Waals surface area contributed by atoms with Crippen LogP contribution in [0.15, 0.2) is 30.6 Å². The van der Waals surface area contributed by atoms with Crippen molar-refractivity contribution in [2.75, 3.05) is 19.7 Å². The van der Waals surface area contributed by atoms with Crippen LogP contribution in [0.25, 0.3) is 0 Å². The minimum Gasteiger partial charge on any atom is -0.481 e. The van der Waals surface area contributed by atoms with Gasteiger partial charge in [0.25, 0.3) is 5.91 Å². The lowest BCUT2D eigenvalue weighted by Crippen LogP contribution is -2.43. The monoisotopic (exact) mass is 349 g/mol. The zero-order chi connectivity index (χ0) is 17.8. The number of benzene rings is 1. The van der Waals surface area contributed by atoms with Gasteiger partial charge in [0, 0.05) is 38.0 Å². The van der Waals surface area contributed by atoms with Gasteiger partial charge in [-0.25, -0.2) is 13.8 Å². The third-order valence-corrected chi connectivity index (χ3v) is 4.45. The summed E-state index contributed by atoms with van der Waals surface area (Å²) in [5, 5.41) is 0. The van der Waals surface area contributed by atoms with Gasteiger partial charge >= 0.3 is 0 Å². The SMILES string of the molecule is CCc1nccn1C1CCCN(C(=O)COc2cc(F)ccc2F)C1. The van der Waals surface area contributed by atoms with E-state index in [1.54, 1.807) is 11.1 Å². The number of hydrogen-bond donors (Lipinski definition) is 0. The zero-order valence-electron chi connectivity index (χ0n) is 14.1. The van der Waals surface area contributed by atoms with Gasteiger partial charge in [-0.15, -0.1) is 0 Å². The smallest absolute Gasteiger partial charge is 0.260 e. The van der Waals surface area contributed by atoms with Crippen LogP contribution in [-0.4, -0.2) is 40.1 Å². The maximum Gasteiger partial charge on any atom is 0.260 e. The number of carbonyl (C=O) groups is 1. The molecular weight excluding hydrogens is 328 g/mol. The number of hydrogen-bond acceptors (Lipinski definition) is 3. The summed E-state index contributed by atoms with van der Waals surface area (Å²) in [6, 6.07) is 3.12. The number of imidazole rings is 1. The van der Waals surface area contributed by atoms with Crippen LogP contribution in [0.3, 0.4) is 0 Å². The third kappa shape index (κ3) is 3.97. The Morgan fingerprint density at radius 2 is 2.24 bits per heavy atom. The summed E-state index contributed by atoms with van der Waals surface area (Å²) >= 11 is 0. The Hall–Kier alpha value is -2.44. The van der Waals surface area contributed by atoms with Gasteiger partial charge in [0.15, 0.2) is 18.2 Å². The first kappa shape index (κ1) is 17.4. The Kier molecular flexibility index (Phi) is 5.31. The summed E-state index contributed by atoms with van der Waals surface area (Å²) < 4.78 is 34.0. The fourth-order valence-corrected chi connectivity index (χ4v) is 3.18. The predicted octanol–water partition coefficient (Wildman–Crippen LogP) is 2.97. The number of carbonyl (C=O) groups excluding carboxylic acids is 1. The van der Waals surface area contributed by atoms with E-state index in [1.165, 1.54) is 0 Å². The van der Waals surface area contributed by atoms with Crippen LogP contribution in [0.4, 0.5) is 8.78 Å². The highest BCUT2D eigenvalue weighted by Gasteiger charge is 2.26. The fraction of sp³-hybridized carbons (Fsp3) is 0.444. The summed E-state index contributed by atoms with van der Waals surface area (Å²) in [4.78, 5) is 18.4. The number of ether oxygens (including phenoxy) is 1. The quantitative estimate of drug-likeness (QED) is 0.834. The average molecular weight is 349 g/mol. The van der Waals surface area contributed by atoms with Crippen LogP contribution in [0.5, 0.6) is 5.75 Å². The Morgan fingerprint density at radius 3 is 3.04 bits per heavy atom.